The minimum Gasteiger partial charge on any atom is -0.336 e. The second kappa shape index (κ2) is 10.4. The normalized spacial score (nSPS) is 18.9. The lowest BCUT2D eigenvalue weighted by Gasteiger charge is -2.34. The molecule has 2 fully saturated rings. The molecule has 190 valence electrons. The van der Waals surface area contributed by atoms with Crippen LogP contribution in [0.25, 0.3) is 0 Å². The molecule has 2 aromatic carbocycles. The third-order valence-corrected chi connectivity index (χ3v) is 10.6. The van der Waals surface area contributed by atoms with Crippen LogP contribution in [0.4, 0.5) is 0 Å². The van der Waals surface area contributed by atoms with Crippen molar-refractivity contribution in [3.63, 3.8) is 0 Å². The summed E-state index contributed by atoms with van der Waals surface area (Å²) in [7, 11) is -7.31. The fraction of sp³-hybridized carbons (Fsp3) is 0.480. The number of carbonyl (C=O) groups is 1. The summed E-state index contributed by atoms with van der Waals surface area (Å²) in [6.45, 7) is 5.54. The molecule has 0 saturated carbocycles. The highest BCUT2D eigenvalue weighted by Crippen LogP contribution is 2.24. The van der Waals surface area contributed by atoms with Crippen LogP contribution in [0, 0.1) is 13.8 Å². The van der Waals surface area contributed by atoms with E-state index in [0.717, 1.165) is 31.2 Å². The molecule has 0 atom stereocenters. The lowest BCUT2D eigenvalue weighted by atomic mass is 10.1. The number of aryl methyl sites for hydroxylation is 2. The van der Waals surface area contributed by atoms with E-state index in [0.29, 0.717) is 24.2 Å². The highest BCUT2D eigenvalue weighted by molar-refractivity contribution is 7.89. The zero-order valence-electron chi connectivity index (χ0n) is 20.3. The standard InChI is InChI=1S/C25H33N3O5S2/c1-20-7-10-22(11-8-20)34(30,31)28-17-15-26(16-18-28)25(29)24-19-23(12-9-21(24)2)35(32,33)27-13-5-3-4-6-14-27/h7-12,19H,3-6,13-18H2,1-2H3. The summed E-state index contributed by atoms with van der Waals surface area (Å²) in [5, 5.41) is 0. The smallest absolute Gasteiger partial charge is 0.254 e. The summed E-state index contributed by atoms with van der Waals surface area (Å²) in [6.07, 6.45) is 3.73. The molecule has 1 amide bonds. The van der Waals surface area contributed by atoms with Gasteiger partial charge in [0.2, 0.25) is 20.0 Å². The lowest BCUT2D eigenvalue weighted by molar-refractivity contribution is 0.0697. The van der Waals surface area contributed by atoms with Gasteiger partial charge in [0.15, 0.2) is 0 Å². The largest absolute Gasteiger partial charge is 0.336 e. The van der Waals surface area contributed by atoms with Gasteiger partial charge in [-0.3, -0.25) is 4.79 Å². The highest BCUT2D eigenvalue weighted by atomic mass is 32.2. The van der Waals surface area contributed by atoms with Crippen LogP contribution in [-0.2, 0) is 20.0 Å². The van der Waals surface area contributed by atoms with Gasteiger partial charge in [-0.25, -0.2) is 16.8 Å². The number of hydrogen-bond acceptors (Lipinski definition) is 5. The molecule has 0 N–H and O–H groups in total. The van der Waals surface area contributed by atoms with Gasteiger partial charge in [-0.1, -0.05) is 36.6 Å². The summed E-state index contributed by atoms with van der Waals surface area (Å²) in [4.78, 5) is 15.3. The molecule has 2 aliphatic heterocycles. The molecule has 2 aromatic rings. The Bertz CT molecular complexity index is 1270. The maximum atomic E-state index is 13.3. The van der Waals surface area contributed by atoms with Crippen molar-refractivity contribution >= 4 is 26.0 Å². The number of rotatable bonds is 5. The van der Waals surface area contributed by atoms with E-state index in [1.54, 1.807) is 48.2 Å². The Morgan fingerprint density at radius 1 is 0.657 bits per heavy atom. The number of benzene rings is 2. The molecule has 8 nitrogen and oxygen atoms in total. The van der Waals surface area contributed by atoms with Crippen LogP contribution >= 0.6 is 0 Å². The first-order valence-corrected chi connectivity index (χ1v) is 15.0. The summed E-state index contributed by atoms with van der Waals surface area (Å²) in [5.74, 6) is -0.275. The van der Waals surface area contributed by atoms with Crippen LogP contribution in [0.3, 0.4) is 0 Å². The van der Waals surface area contributed by atoms with Gasteiger partial charge in [-0.05, 0) is 56.5 Å². The Morgan fingerprint density at radius 2 is 1.17 bits per heavy atom. The quantitative estimate of drug-likeness (QED) is 0.605. The Balaban J connectivity index is 1.49. The van der Waals surface area contributed by atoms with Crippen molar-refractivity contribution in [2.75, 3.05) is 39.3 Å². The third-order valence-electron chi connectivity index (χ3n) is 6.83. The molecule has 4 rings (SSSR count). The van der Waals surface area contributed by atoms with Gasteiger partial charge >= 0.3 is 0 Å². The fourth-order valence-electron chi connectivity index (χ4n) is 4.58. The van der Waals surface area contributed by atoms with Gasteiger partial charge in [0, 0.05) is 44.8 Å². The topological polar surface area (TPSA) is 95.1 Å². The third kappa shape index (κ3) is 5.45. The maximum Gasteiger partial charge on any atom is 0.254 e. The number of hydrogen-bond donors (Lipinski definition) is 0. The minimum absolute atomic E-state index is 0.133. The van der Waals surface area contributed by atoms with Crippen LogP contribution in [0.5, 0.6) is 0 Å². The number of carbonyl (C=O) groups excluding carboxylic acids is 1. The van der Waals surface area contributed by atoms with Crippen LogP contribution in [0.2, 0.25) is 0 Å². The monoisotopic (exact) mass is 519 g/mol. The molecular formula is C25H33N3O5S2. The summed E-state index contributed by atoms with van der Waals surface area (Å²) in [5.41, 5.74) is 2.02. The molecule has 0 aliphatic carbocycles. The number of nitrogens with zero attached hydrogens (tertiary/aromatic N) is 3. The van der Waals surface area contributed by atoms with Crippen LogP contribution in [0.1, 0.15) is 47.2 Å². The summed E-state index contributed by atoms with van der Waals surface area (Å²) < 4.78 is 55.4. The molecule has 0 unspecified atom stereocenters. The molecule has 0 radical (unpaired) electrons. The van der Waals surface area contributed by atoms with E-state index in [2.05, 4.69) is 0 Å². The van der Waals surface area contributed by atoms with Crippen molar-refractivity contribution in [1.29, 1.82) is 0 Å². The van der Waals surface area contributed by atoms with Gasteiger partial charge in [0.25, 0.3) is 5.91 Å². The van der Waals surface area contributed by atoms with Crippen LogP contribution in [0.15, 0.2) is 52.3 Å². The number of sulfonamides is 2. The van der Waals surface area contributed by atoms with E-state index >= 15 is 0 Å². The van der Waals surface area contributed by atoms with Gasteiger partial charge in [-0.15, -0.1) is 0 Å². The molecular weight excluding hydrogens is 486 g/mol. The van der Waals surface area contributed by atoms with Crippen molar-refractivity contribution < 1.29 is 21.6 Å². The first-order valence-electron chi connectivity index (χ1n) is 12.1. The van der Waals surface area contributed by atoms with Gasteiger partial charge < -0.3 is 4.90 Å². The van der Waals surface area contributed by atoms with E-state index in [4.69, 9.17) is 0 Å². The molecule has 35 heavy (non-hydrogen) atoms. The van der Waals surface area contributed by atoms with Crippen molar-refractivity contribution in [3.05, 3.63) is 59.2 Å². The lowest BCUT2D eigenvalue weighted by Crippen LogP contribution is -2.50. The average Bonchev–Trinajstić information content (AvgIpc) is 3.14. The Hall–Kier alpha value is -2.27. The molecule has 0 aromatic heterocycles. The number of amides is 1. The van der Waals surface area contributed by atoms with Gasteiger partial charge in [-0.2, -0.15) is 8.61 Å². The second-order valence-electron chi connectivity index (χ2n) is 9.30. The molecule has 2 saturated heterocycles. The zero-order chi connectivity index (χ0) is 25.2. The van der Waals surface area contributed by atoms with Crippen molar-refractivity contribution in [3.8, 4) is 0 Å². The Morgan fingerprint density at radius 3 is 1.77 bits per heavy atom. The average molecular weight is 520 g/mol. The Labute approximate surface area is 208 Å². The molecule has 10 heteroatoms. The molecule has 0 bridgehead atoms. The fourth-order valence-corrected chi connectivity index (χ4v) is 7.55. The number of piperazine rings is 1. The van der Waals surface area contributed by atoms with E-state index in [1.165, 1.54) is 14.7 Å². The second-order valence-corrected chi connectivity index (χ2v) is 13.2. The highest BCUT2D eigenvalue weighted by Gasteiger charge is 2.32. The van der Waals surface area contributed by atoms with Crippen molar-refractivity contribution in [2.45, 2.75) is 49.3 Å². The predicted octanol–water partition coefficient (Wildman–Crippen LogP) is 3.01. The van der Waals surface area contributed by atoms with Crippen LogP contribution in [-0.4, -0.2) is 75.5 Å². The SMILES string of the molecule is Cc1ccc(S(=O)(=O)N2CCN(C(=O)c3cc(S(=O)(=O)N4CCCCCC4)ccc3C)CC2)cc1. The van der Waals surface area contributed by atoms with Crippen molar-refractivity contribution in [1.82, 2.24) is 13.5 Å². The van der Waals surface area contributed by atoms with Crippen molar-refractivity contribution in [2.24, 2.45) is 0 Å². The van der Waals surface area contributed by atoms with E-state index in [-0.39, 0.29) is 41.9 Å². The first kappa shape index (κ1) is 25.8. The van der Waals surface area contributed by atoms with Gasteiger partial charge in [0.05, 0.1) is 9.79 Å². The molecule has 0 spiro atoms. The predicted molar refractivity (Wildman–Crippen MR) is 134 cm³/mol. The summed E-state index contributed by atoms with van der Waals surface area (Å²) in [6, 6.07) is 11.5. The van der Waals surface area contributed by atoms with Gasteiger partial charge in [0.1, 0.15) is 0 Å². The van der Waals surface area contributed by atoms with E-state index in [1.807, 2.05) is 6.92 Å². The molecule has 2 heterocycles. The Kier molecular flexibility index (Phi) is 7.65. The van der Waals surface area contributed by atoms with E-state index < -0.39 is 20.0 Å². The summed E-state index contributed by atoms with van der Waals surface area (Å²) >= 11 is 0. The van der Waals surface area contributed by atoms with Crippen LogP contribution < -0.4 is 0 Å². The zero-order valence-corrected chi connectivity index (χ0v) is 21.9. The molecule has 2 aliphatic rings. The minimum atomic E-state index is -3.68. The van der Waals surface area contributed by atoms with E-state index in [9.17, 15) is 21.6 Å². The maximum absolute atomic E-state index is 13.3. The first-order chi connectivity index (χ1) is 16.6.